The Kier molecular flexibility index (Phi) is 4.80. The number of pyridine rings is 1. The first kappa shape index (κ1) is 17.8. The van der Waals surface area contributed by atoms with E-state index in [1.807, 2.05) is 24.3 Å². The van der Waals surface area contributed by atoms with E-state index in [1.165, 1.54) is 28.6 Å². The average Bonchev–Trinajstić information content (AvgIpc) is 3.21. The van der Waals surface area contributed by atoms with Gasteiger partial charge in [-0.05, 0) is 23.5 Å². The summed E-state index contributed by atoms with van der Waals surface area (Å²) in [4.78, 5) is 26.1. The molecule has 140 valence electrons. The molecule has 4 aromatic rings. The van der Waals surface area contributed by atoms with Crippen LogP contribution in [-0.2, 0) is 6.54 Å². The van der Waals surface area contributed by atoms with Crippen LogP contribution >= 0.6 is 0 Å². The van der Waals surface area contributed by atoms with Gasteiger partial charge in [0.1, 0.15) is 18.9 Å². The third kappa shape index (κ3) is 3.34. The van der Waals surface area contributed by atoms with Crippen molar-refractivity contribution in [2.24, 2.45) is 0 Å². The predicted octanol–water partition coefficient (Wildman–Crippen LogP) is 3.90. The van der Waals surface area contributed by atoms with E-state index in [0.717, 1.165) is 23.0 Å². The maximum absolute atomic E-state index is 12.2. The zero-order valence-corrected chi connectivity index (χ0v) is 15.2. The molecule has 0 N–H and O–H groups in total. The quantitative estimate of drug-likeness (QED) is 0.168. The summed E-state index contributed by atoms with van der Waals surface area (Å²) in [6, 6.07) is 16.6. The van der Waals surface area contributed by atoms with Crippen molar-refractivity contribution in [1.82, 2.24) is 9.55 Å². The molecule has 0 aliphatic heterocycles. The molecule has 0 fully saturated rings. The van der Waals surface area contributed by atoms with Crippen molar-refractivity contribution in [2.75, 3.05) is 0 Å². The summed E-state index contributed by atoms with van der Waals surface area (Å²) in [7, 11) is 0. The smallest absolute Gasteiger partial charge is 0.390 e. The third-order valence-electron chi connectivity index (χ3n) is 4.85. The highest BCUT2D eigenvalue weighted by Crippen LogP contribution is 2.22. The van der Waals surface area contributed by atoms with Crippen LogP contribution in [0, 0.1) is 10.1 Å². The highest BCUT2D eigenvalue weighted by atomic mass is 16.6. The number of benzene rings is 2. The van der Waals surface area contributed by atoms with Crippen molar-refractivity contribution >= 4 is 33.5 Å². The minimum Gasteiger partial charge on any atom is -0.390 e. The second kappa shape index (κ2) is 7.56. The third-order valence-corrected chi connectivity index (χ3v) is 4.85. The van der Waals surface area contributed by atoms with E-state index in [9.17, 15) is 14.9 Å². The number of rotatable bonds is 6. The summed E-state index contributed by atoms with van der Waals surface area (Å²) >= 11 is 0. The Labute approximate surface area is 161 Å². The number of aromatic nitrogens is 3. The number of carbonyl (C=O) groups excluding carboxylic acids is 1. The molecular weight excluding hydrogens is 356 g/mol. The Balaban J connectivity index is 1.48. The Bertz CT molecular complexity index is 1180. The van der Waals surface area contributed by atoms with Crippen LogP contribution in [0.3, 0.4) is 0 Å². The number of hydrogen-bond donors (Lipinski definition) is 0. The summed E-state index contributed by atoms with van der Waals surface area (Å²) in [5, 5.41) is 14.5. The SMILES string of the molecule is O=C(CCCC[n+]1cc2ccccc2c2ccccc21)n1ccnc1[N+](=O)[O-]. The van der Waals surface area contributed by atoms with Gasteiger partial charge >= 0.3 is 5.95 Å². The highest BCUT2D eigenvalue weighted by Gasteiger charge is 2.20. The first-order valence-corrected chi connectivity index (χ1v) is 9.16. The van der Waals surface area contributed by atoms with Crippen LogP contribution in [0.4, 0.5) is 5.95 Å². The van der Waals surface area contributed by atoms with Crippen molar-refractivity contribution in [1.29, 1.82) is 0 Å². The van der Waals surface area contributed by atoms with Gasteiger partial charge in [-0.3, -0.25) is 4.79 Å². The average molecular weight is 375 g/mol. The molecule has 0 radical (unpaired) electrons. The standard InChI is InChI=1S/C21H19N4O3/c26-20(24-14-12-22-21(24)25(27)28)11-5-6-13-23-15-16-7-1-2-8-17(16)18-9-3-4-10-19(18)23/h1-4,7-10,12,14-15H,5-6,11,13H2/q+1. The molecule has 0 saturated heterocycles. The topological polar surface area (TPSA) is 81.9 Å². The predicted molar refractivity (Wildman–Crippen MR) is 105 cm³/mol. The van der Waals surface area contributed by atoms with E-state index in [0.29, 0.717) is 6.42 Å². The number of imidazole rings is 1. The molecule has 2 aromatic carbocycles. The van der Waals surface area contributed by atoms with Crippen molar-refractivity contribution in [3.63, 3.8) is 0 Å². The molecule has 0 amide bonds. The lowest BCUT2D eigenvalue weighted by atomic mass is 10.1. The van der Waals surface area contributed by atoms with E-state index >= 15 is 0 Å². The Morgan fingerprint density at radius 3 is 2.64 bits per heavy atom. The van der Waals surface area contributed by atoms with Crippen molar-refractivity contribution in [2.45, 2.75) is 25.8 Å². The summed E-state index contributed by atoms with van der Waals surface area (Å²) < 4.78 is 3.22. The molecule has 7 nitrogen and oxygen atoms in total. The first-order valence-electron chi connectivity index (χ1n) is 9.16. The summed E-state index contributed by atoms with van der Waals surface area (Å²) in [6.07, 6.45) is 6.42. The summed E-state index contributed by atoms with van der Waals surface area (Å²) in [5.41, 5.74) is 1.15. The lowest BCUT2D eigenvalue weighted by Gasteiger charge is -2.05. The van der Waals surface area contributed by atoms with Gasteiger partial charge in [-0.15, -0.1) is 0 Å². The number of aryl methyl sites for hydroxylation is 1. The molecule has 0 atom stereocenters. The Morgan fingerprint density at radius 2 is 1.82 bits per heavy atom. The molecule has 0 spiro atoms. The number of carbonyl (C=O) groups is 1. The van der Waals surface area contributed by atoms with Crippen LogP contribution in [0.25, 0.3) is 21.7 Å². The van der Waals surface area contributed by atoms with Crippen molar-refractivity contribution in [3.05, 3.63) is 77.2 Å². The fraction of sp³-hybridized carbons (Fsp3) is 0.190. The molecule has 28 heavy (non-hydrogen) atoms. The van der Waals surface area contributed by atoms with Crippen LogP contribution < -0.4 is 4.57 Å². The molecule has 0 saturated carbocycles. The lowest BCUT2D eigenvalue weighted by molar-refractivity contribution is -0.670. The van der Waals surface area contributed by atoms with E-state index < -0.39 is 10.9 Å². The van der Waals surface area contributed by atoms with Gasteiger partial charge in [-0.25, -0.2) is 0 Å². The summed E-state index contributed by atoms with van der Waals surface area (Å²) in [6.45, 7) is 0.769. The van der Waals surface area contributed by atoms with Crippen LogP contribution in [0.2, 0.25) is 0 Å². The maximum atomic E-state index is 12.2. The van der Waals surface area contributed by atoms with Gasteiger partial charge in [0.15, 0.2) is 6.20 Å². The minimum absolute atomic E-state index is 0.239. The second-order valence-corrected chi connectivity index (χ2v) is 6.63. The molecule has 0 aliphatic rings. The fourth-order valence-electron chi connectivity index (χ4n) is 3.53. The van der Waals surface area contributed by atoms with E-state index in [-0.39, 0.29) is 12.3 Å². The first-order chi connectivity index (χ1) is 13.6. The molecule has 0 bridgehead atoms. The molecule has 2 heterocycles. The summed E-state index contributed by atoms with van der Waals surface area (Å²) in [5.74, 6) is -0.738. The van der Waals surface area contributed by atoms with E-state index in [4.69, 9.17) is 0 Å². The van der Waals surface area contributed by atoms with Gasteiger partial charge in [-0.2, -0.15) is 9.13 Å². The lowest BCUT2D eigenvalue weighted by Crippen LogP contribution is -2.34. The van der Waals surface area contributed by atoms with Gasteiger partial charge in [-0.1, -0.05) is 35.3 Å². The van der Waals surface area contributed by atoms with E-state index in [1.54, 1.807) is 0 Å². The zero-order chi connectivity index (χ0) is 19.5. The van der Waals surface area contributed by atoms with Crippen molar-refractivity contribution < 1.29 is 14.3 Å². The van der Waals surface area contributed by atoms with Crippen LogP contribution in [0.5, 0.6) is 0 Å². The van der Waals surface area contributed by atoms with Gasteiger partial charge < -0.3 is 10.1 Å². The maximum Gasteiger partial charge on any atom is 0.441 e. The molecule has 0 aliphatic carbocycles. The number of nitro groups is 1. The number of unbranched alkanes of at least 4 members (excludes halogenated alkanes) is 1. The van der Waals surface area contributed by atoms with Crippen LogP contribution in [0.1, 0.15) is 24.1 Å². The van der Waals surface area contributed by atoms with Crippen LogP contribution in [0.15, 0.2) is 67.1 Å². The monoisotopic (exact) mass is 375 g/mol. The van der Waals surface area contributed by atoms with Gasteiger partial charge in [0.05, 0.1) is 5.39 Å². The molecule has 7 heteroatoms. The molecule has 2 aromatic heterocycles. The number of fused-ring (bicyclic) bond motifs is 3. The number of hydrogen-bond acceptors (Lipinski definition) is 4. The highest BCUT2D eigenvalue weighted by molar-refractivity contribution is 6.03. The number of para-hydroxylation sites is 1. The van der Waals surface area contributed by atoms with E-state index in [2.05, 4.69) is 40.0 Å². The van der Waals surface area contributed by atoms with Gasteiger partial charge in [0.2, 0.25) is 5.52 Å². The molecule has 0 unspecified atom stereocenters. The normalized spacial score (nSPS) is 11.1. The van der Waals surface area contributed by atoms with Gasteiger partial charge in [0.25, 0.3) is 5.91 Å². The molecule has 4 rings (SSSR count). The Hall–Kier alpha value is -3.61. The second-order valence-electron chi connectivity index (χ2n) is 6.63. The number of nitrogens with zero attached hydrogens (tertiary/aromatic N) is 4. The molecular formula is C21H19N4O3+. The van der Waals surface area contributed by atoms with Crippen molar-refractivity contribution in [3.8, 4) is 0 Å². The zero-order valence-electron chi connectivity index (χ0n) is 15.2. The minimum atomic E-state index is -0.644. The Morgan fingerprint density at radius 1 is 1.07 bits per heavy atom. The fourth-order valence-corrected chi connectivity index (χ4v) is 3.53. The largest absolute Gasteiger partial charge is 0.441 e. The van der Waals surface area contributed by atoms with Crippen LogP contribution in [-0.4, -0.2) is 20.4 Å². The van der Waals surface area contributed by atoms with Gasteiger partial charge in [0, 0.05) is 29.7 Å².